The van der Waals surface area contributed by atoms with E-state index in [0.717, 1.165) is 0 Å². The molecule has 142 valence electrons. The molecule has 0 atom stereocenters. The maximum Gasteiger partial charge on any atom is 0.343 e. The second-order valence-corrected chi connectivity index (χ2v) is 6.04. The van der Waals surface area contributed by atoms with Gasteiger partial charge in [-0.1, -0.05) is 36.4 Å². The van der Waals surface area contributed by atoms with Gasteiger partial charge in [0.1, 0.15) is 17.8 Å². The molecule has 0 bridgehead atoms. The molecule has 0 unspecified atom stereocenters. The minimum atomic E-state index is -0.605. The molecule has 3 aromatic carbocycles. The van der Waals surface area contributed by atoms with E-state index >= 15 is 0 Å². The number of esters is 2. The van der Waals surface area contributed by atoms with Gasteiger partial charge in [0.05, 0.1) is 11.1 Å². The van der Waals surface area contributed by atoms with Crippen LogP contribution < -0.4 is 9.47 Å². The van der Waals surface area contributed by atoms with Gasteiger partial charge in [0.25, 0.3) is 0 Å². The fourth-order valence-electron chi connectivity index (χ4n) is 2.65. The normalized spacial score (nSPS) is 10.3. The molecule has 29 heavy (non-hydrogen) atoms. The topological polar surface area (TPSA) is 94.2 Å². The number of nitrogens with one attached hydrogen (secondary N) is 1. The predicted molar refractivity (Wildman–Crippen MR) is 105 cm³/mol. The highest BCUT2D eigenvalue weighted by molar-refractivity contribution is 5.98. The number of hydrogen-bond donors (Lipinski definition) is 1. The minimum Gasteiger partial charge on any atom is -0.423 e. The standard InChI is InChI=1S/C22H15N3O4/c26-21(28-18-7-3-1-4-8-18)16-11-15(20-23-14-24-25-20)12-17(13-16)22(27)29-19-9-5-2-6-10-19/h1-14H,(H,23,24,25). The molecule has 4 aromatic rings. The van der Waals surface area contributed by atoms with Gasteiger partial charge in [-0.15, -0.1) is 0 Å². The fourth-order valence-corrected chi connectivity index (χ4v) is 2.65. The van der Waals surface area contributed by atoms with E-state index in [0.29, 0.717) is 22.9 Å². The van der Waals surface area contributed by atoms with Gasteiger partial charge in [-0.25, -0.2) is 14.6 Å². The molecule has 0 fully saturated rings. The number of rotatable bonds is 5. The highest BCUT2D eigenvalue weighted by Gasteiger charge is 2.18. The van der Waals surface area contributed by atoms with Crippen molar-refractivity contribution in [2.45, 2.75) is 0 Å². The Kier molecular flexibility index (Phi) is 5.11. The predicted octanol–water partition coefficient (Wildman–Crippen LogP) is 3.91. The lowest BCUT2D eigenvalue weighted by molar-refractivity contribution is 0.0734. The molecule has 0 aliphatic heterocycles. The molecule has 0 saturated heterocycles. The zero-order valence-electron chi connectivity index (χ0n) is 15.1. The highest BCUT2D eigenvalue weighted by atomic mass is 16.5. The maximum atomic E-state index is 12.6. The van der Waals surface area contributed by atoms with Crippen molar-refractivity contribution in [2.24, 2.45) is 0 Å². The van der Waals surface area contributed by atoms with Gasteiger partial charge < -0.3 is 9.47 Å². The lowest BCUT2D eigenvalue weighted by Gasteiger charge is -2.09. The first kappa shape index (κ1) is 18.1. The summed E-state index contributed by atoms with van der Waals surface area (Å²) in [6, 6.07) is 21.9. The van der Waals surface area contributed by atoms with E-state index in [1.165, 1.54) is 12.4 Å². The summed E-state index contributed by atoms with van der Waals surface area (Å²) >= 11 is 0. The van der Waals surface area contributed by atoms with Crippen LogP contribution in [0.3, 0.4) is 0 Å². The summed E-state index contributed by atoms with van der Waals surface area (Å²) in [6.07, 6.45) is 1.34. The summed E-state index contributed by atoms with van der Waals surface area (Å²) < 4.78 is 10.8. The largest absolute Gasteiger partial charge is 0.423 e. The summed E-state index contributed by atoms with van der Waals surface area (Å²) in [5.41, 5.74) is 0.871. The first-order chi connectivity index (χ1) is 14.2. The Morgan fingerprint density at radius 1 is 0.724 bits per heavy atom. The van der Waals surface area contributed by atoms with Crippen molar-refractivity contribution in [2.75, 3.05) is 0 Å². The minimum absolute atomic E-state index is 0.183. The first-order valence-electron chi connectivity index (χ1n) is 8.74. The Bertz CT molecular complexity index is 1060. The van der Waals surface area contributed by atoms with Crippen LogP contribution in [-0.2, 0) is 0 Å². The zero-order chi connectivity index (χ0) is 20.1. The van der Waals surface area contributed by atoms with Crippen molar-refractivity contribution in [1.82, 2.24) is 15.2 Å². The van der Waals surface area contributed by atoms with Crippen LogP contribution in [0.25, 0.3) is 11.4 Å². The van der Waals surface area contributed by atoms with E-state index in [2.05, 4.69) is 15.2 Å². The van der Waals surface area contributed by atoms with Crippen molar-refractivity contribution < 1.29 is 19.1 Å². The number of para-hydroxylation sites is 2. The molecule has 0 spiro atoms. The first-order valence-corrected chi connectivity index (χ1v) is 8.74. The Balaban J connectivity index is 1.67. The number of benzene rings is 3. The highest BCUT2D eigenvalue weighted by Crippen LogP contribution is 2.22. The number of ether oxygens (including phenoxy) is 2. The molecule has 7 nitrogen and oxygen atoms in total. The number of carbonyl (C=O) groups excluding carboxylic acids is 2. The molecule has 7 heteroatoms. The summed E-state index contributed by atoms with van der Waals surface area (Å²) in [4.78, 5) is 29.4. The summed E-state index contributed by atoms with van der Waals surface area (Å²) in [7, 11) is 0. The molecule has 0 amide bonds. The van der Waals surface area contributed by atoms with Crippen LogP contribution >= 0.6 is 0 Å². The van der Waals surface area contributed by atoms with E-state index < -0.39 is 11.9 Å². The van der Waals surface area contributed by atoms with Gasteiger partial charge in [-0.3, -0.25) is 5.10 Å². The quantitative estimate of drug-likeness (QED) is 0.413. The Morgan fingerprint density at radius 2 is 1.24 bits per heavy atom. The van der Waals surface area contributed by atoms with Gasteiger partial charge in [0.2, 0.25) is 0 Å². The number of aromatic nitrogens is 3. The Labute approximate surface area is 165 Å². The summed E-state index contributed by atoms with van der Waals surface area (Å²) in [6.45, 7) is 0. The smallest absolute Gasteiger partial charge is 0.343 e. The number of nitrogens with zero attached hydrogens (tertiary/aromatic N) is 2. The molecule has 0 aliphatic rings. The van der Waals surface area contributed by atoms with Crippen molar-refractivity contribution >= 4 is 11.9 Å². The van der Waals surface area contributed by atoms with E-state index in [1.54, 1.807) is 60.7 Å². The van der Waals surface area contributed by atoms with E-state index in [1.807, 2.05) is 12.1 Å². The van der Waals surface area contributed by atoms with Crippen LogP contribution in [0, 0.1) is 0 Å². The van der Waals surface area contributed by atoms with Crippen molar-refractivity contribution in [3.8, 4) is 22.9 Å². The van der Waals surface area contributed by atoms with Crippen molar-refractivity contribution in [1.29, 1.82) is 0 Å². The maximum absolute atomic E-state index is 12.6. The van der Waals surface area contributed by atoms with Crippen molar-refractivity contribution in [3.05, 3.63) is 96.3 Å². The lowest BCUT2D eigenvalue weighted by atomic mass is 10.0. The zero-order valence-corrected chi connectivity index (χ0v) is 15.1. The third-order valence-corrected chi connectivity index (χ3v) is 4.00. The third-order valence-electron chi connectivity index (χ3n) is 4.00. The Morgan fingerprint density at radius 3 is 1.69 bits per heavy atom. The number of aromatic amines is 1. The van der Waals surface area contributed by atoms with Crippen LogP contribution in [0.2, 0.25) is 0 Å². The van der Waals surface area contributed by atoms with Gasteiger partial charge >= 0.3 is 11.9 Å². The number of H-pyrrole nitrogens is 1. The molecule has 4 rings (SSSR count). The summed E-state index contributed by atoms with van der Waals surface area (Å²) in [5, 5.41) is 6.53. The number of carbonyl (C=O) groups is 2. The fraction of sp³-hybridized carbons (Fsp3) is 0. The second kappa shape index (κ2) is 8.18. The van der Waals surface area contributed by atoms with Crippen LogP contribution in [0.4, 0.5) is 0 Å². The van der Waals surface area contributed by atoms with Gasteiger partial charge in [-0.05, 0) is 42.5 Å². The number of hydrogen-bond acceptors (Lipinski definition) is 6. The molecule has 0 radical (unpaired) electrons. The van der Waals surface area contributed by atoms with E-state index in [9.17, 15) is 9.59 Å². The second-order valence-electron chi connectivity index (χ2n) is 6.04. The molecular weight excluding hydrogens is 370 g/mol. The molecular formula is C22H15N3O4. The van der Waals surface area contributed by atoms with Crippen LogP contribution in [-0.4, -0.2) is 27.1 Å². The van der Waals surface area contributed by atoms with Crippen molar-refractivity contribution in [3.63, 3.8) is 0 Å². The van der Waals surface area contributed by atoms with Gasteiger partial charge in [0, 0.05) is 5.56 Å². The van der Waals surface area contributed by atoms with Gasteiger partial charge in [0.15, 0.2) is 5.82 Å². The third kappa shape index (κ3) is 4.36. The van der Waals surface area contributed by atoms with E-state index in [-0.39, 0.29) is 11.1 Å². The van der Waals surface area contributed by atoms with Gasteiger partial charge in [-0.2, -0.15) is 5.10 Å². The van der Waals surface area contributed by atoms with Crippen LogP contribution in [0.5, 0.6) is 11.5 Å². The molecule has 1 heterocycles. The monoisotopic (exact) mass is 385 g/mol. The average molecular weight is 385 g/mol. The Hall–Kier alpha value is -4.26. The van der Waals surface area contributed by atoms with Crippen LogP contribution in [0.15, 0.2) is 85.2 Å². The lowest BCUT2D eigenvalue weighted by Crippen LogP contribution is -2.13. The molecule has 0 aliphatic carbocycles. The molecule has 0 saturated carbocycles. The summed E-state index contributed by atoms with van der Waals surface area (Å²) in [5.74, 6) is -0.00210. The van der Waals surface area contributed by atoms with Crippen LogP contribution in [0.1, 0.15) is 20.7 Å². The SMILES string of the molecule is O=C(Oc1ccccc1)c1cc(C(=O)Oc2ccccc2)cc(-c2ncn[nH]2)c1. The molecule has 1 aromatic heterocycles. The average Bonchev–Trinajstić information content (AvgIpc) is 3.30. The van der Waals surface area contributed by atoms with E-state index in [4.69, 9.17) is 9.47 Å². The molecule has 1 N–H and O–H groups in total.